The number of hydrogen-bond donors (Lipinski definition) is 1. The van der Waals surface area contributed by atoms with Crippen molar-refractivity contribution in [3.05, 3.63) is 81.9 Å². The number of nitrogens with zero attached hydrogens (tertiary/aromatic N) is 2. The predicted molar refractivity (Wildman–Crippen MR) is 155 cm³/mol. The fraction of sp³-hybridized carbons (Fsp3) is 0.400. The zero-order chi connectivity index (χ0) is 28.7. The molecule has 0 atom stereocenters. The van der Waals surface area contributed by atoms with Crippen LogP contribution in [-0.2, 0) is 24.2 Å². The Morgan fingerprint density at radius 1 is 0.725 bits per heavy atom. The average molecular weight is 587 g/mol. The molecule has 214 valence electrons. The maximum Gasteiger partial charge on any atom is 0.397 e. The van der Waals surface area contributed by atoms with Gasteiger partial charge in [0.25, 0.3) is 11.8 Å². The highest BCUT2D eigenvalue weighted by Crippen LogP contribution is 2.46. The van der Waals surface area contributed by atoms with Gasteiger partial charge in [0.05, 0.1) is 29.1 Å². The molecule has 2 heterocycles. The zero-order valence-corrected chi connectivity index (χ0v) is 24.2. The number of hydrogen-bond acceptors (Lipinski definition) is 5. The van der Waals surface area contributed by atoms with Crippen molar-refractivity contribution in [1.29, 1.82) is 0 Å². The van der Waals surface area contributed by atoms with Gasteiger partial charge in [0.1, 0.15) is 0 Å². The Morgan fingerprint density at radius 2 is 1.25 bits per heavy atom. The van der Waals surface area contributed by atoms with Crippen LogP contribution >= 0.6 is 11.6 Å². The second-order valence-corrected chi connectivity index (χ2v) is 11.6. The van der Waals surface area contributed by atoms with Crippen molar-refractivity contribution in [2.75, 3.05) is 20.2 Å². The van der Waals surface area contributed by atoms with Crippen LogP contribution in [0.2, 0.25) is 5.02 Å². The number of halogens is 1. The first-order valence-corrected chi connectivity index (χ1v) is 15.5. The second-order valence-electron chi connectivity index (χ2n) is 10.1. The molecule has 2 amide bonds. The van der Waals surface area contributed by atoms with Gasteiger partial charge in [0.2, 0.25) is 0 Å². The number of rotatable bonds is 15. The molecular formula is C30H35ClN2O6S. The van der Waals surface area contributed by atoms with Gasteiger partial charge in [-0.3, -0.25) is 14.1 Å². The molecule has 0 aromatic heterocycles. The lowest BCUT2D eigenvalue weighted by Gasteiger charge is -2.23. The molecule has 0 bridgehead atoms. The van der Waals surface area contributed by atoms with Gasteiger partial charge >= 0.3 is 10.4 Å². The Morgan fingerprint density at radius 3 is 1.85 bits per heavy atom. The summed E-state index contributed by atoms with van der Waals surface area (Å²) in [5.74, 6) is -0.325. The Labute approximate surface area is 241 Å². The van der Waals surface area contributed by atoms with E-state index in [1.807, 2.05) is 42.5 Å². The van der Waals surface area contributed by atoms with Crippen molar-refractivity contribution in [2.24, 2.45) is 0 Å². The maximum absolute atomic E-state index is 13.8. The van der Waals surface area contributed by atoms with Gasteiger partial charge < -0.3 is 9.80 Å². The number of carbonyl (C=O) groups excluding carboxylic acids is 2. The quantitative estimate of drug-likeness (QED) is 0.199. The topological polar surface area (TPSA) is 104 Å². The number of amides is 2. The smallest absolute Gasteiger partial charge is 0.310 e. The van der Waals surface area contributed by atoms with Gasteiger partial charge in [0.15, 0.2) is 0 Å². The molecule has 1 N–H and O–H groups in total. The van der Waals surface area contributed by atoms with Crippen LogP contribution in [0.3, 0.4) is 0 Å². The van der Waals surface area contributed by atoms with Crippen molar-refractivity contribution >= 4 is 45.2 Å². The van der Waals surface area contributed by atoms with E-state index in [2.05, 4.69) is 4.18 Å². The molecule has 0 saturated carbocycles. The lowest BCUT2D eigenvalue weighted by molar-refractivity contribution is -0.123. The van der Waals surface area contributed by atoms with Crippen LogP contribution in [0.15, 0.2) is 65.7 Å². The molecule has 0 radical (unpaired) electrons. The van der Waals surface area contributed by atoms with E-state index in [0.29, 0.717) is 40.5 Å². The van der Waals surface area contributed by atoms with Crippen molar-refractivity contribution in [2.45, 2.75) is 57.8 Å². The minimum absolute atomic E-state index is 0.00779. The van der Waals surface area contributed by atoms with Gasteiger partial charge in [-0.2, -0.15) is 8.42 Å². The number of unbranched alkanes of at least 4 members (excludes halogenated alkanes) is 8. The molecule has 0 saturated heterocycles. The Bertz CT molecular complexity index is 1390. The van der Waals surface area contributed by atoms with Gasteiger partial charge in [-0.25, -0.2) is 4.18 Å². The summed E-state index contributed by atoms with van der Waals surface area (Å²) in [5.41, 5.74) is 3.84. The molecule has 2 aromatic carbocycles. The third kappa shape index (κ3) is 7.20. The summed E-state index contributed by atoms with van der Waals surface area (Å²) >= 11 is 6.13. The molecular weight excluding hydrogens is 552 g/mol. The standard InChI is InChI=1S/C30H35ClN2O6S/c1-32-27(22-14-10-9-11-15-22)25-26(29(32)34)28(23-16-18-24(31)19-17-23)33(30(25)35)20-12-7-5-3-2-4-6-8-13-21-39-40(36,37)38/h9-11,14-19H,2-8,12-13,20-21H2,1H3,(H,36,37,38). The minimum atomic E-state index is -4.34. The van der Waals surface area contributed by atoms with E-state index in [0.717, 1.165) is 62.5 Å². The first-order valence-electron chi connectivity index (χ1n) is 13.7. The van der Waals surface area contributed by atoms with Crippen LogP contribution in [0.5, 0.6) is 0 Å². The van der Waals surface area contributed by atoms with E-state index >= 15 is 0 Å². The van der Waals surface area contributed by atoms with Crippen LogP contribution in [0.25, 0.3) is 11.4 Å². The van der Waals surface area contributed by atoms with E-state index in [9.17, 15) is 18.0 Å². The lowest BCUT2D eigenvalue weighted by Crippen LogP contribution is -2.29. The van der Waals surface area contributed by atoms with Crippen LogP contribution in [0, 0.1) is 0 Å². The monoisotopic (exact) mass is 586 g/mol. The highest BCUT2D eigenvalue weighted by molar-refractivity contribution is 7.80. The fourth-order valence-corrected chi connectivity index (χ4v) is 5.75. The summed E-state index contributed by atoms with van der Waals surface area (Å²) in [7, 11) is -2.63. The molecule has 0 fully saturated rings. The van der Waals surface area contributed by atoms with Crippen LogP contribution in [-0.4, -0.2) is 54.8 Å². The molecule has 8 nitrogen and oxygen atoms in total. The summed E-state index contributed by atoms with van der Waals surface area (Å²) in [6.45, 7) is 0.532. The molecule has 0 aliphatic carbocycles. The van der Waals surface area contributed by atoms with Gasteiger partial charge in [-0.05, 0) is 36.1 Å². The predicted octanol–water partition coefficient (Wildman–Crippen LogP) is 6.11. The molecule has 0 spiro atoms. The molecule has 4 rings (SSSR count). The highest BCUT2D eigenvalue weighted by Gasteiger charge is 2.47. The zero-order valence-electron chi connectivity index (χ0n) is 22.6. The lowest BCUT2D eigenvalue weighted by atomic mass is 10.0. The third-order valence-corrected chi connectivity index (χ3v) is 7.95. The second kappa shape index (κ2) is 13.6. The summed E-state index contributed by atoms with van der Waals surface area (Å²) in [4.78, 5) is 30.7. The molecule has 10 heteroatoms. The first-order chi connectivity index (χ1) is 19.2. The van der Waals surface area contributed by atoms with Crippen LogP contribution in [0.4, 0.5) is 0 Å². The molecule has 2 aliphatic heterocycles. The normalized spacial score (nSPS) is 15.6. The van der Waals surface area contributed by atoms with Crippen molar-refractivity contribution in [3.8, 4) is 0 Å². The van der Waals surface area contributed by atoms with Crippen LogP contribution in [0.1, 0.15) is 68.9 Å². The Balaban J connectivity index is 1.36. The molecule has 2 aliphatic rings. The van der Waals surface area contributed by atoms with Crippen molar-refractivity contribution in [1.82, 2.24) is 9.80 Å². The third-order valence-electron chi connectivity index (χ3n) is 7.23. The van der Waals surface area contributed by atoms with Gasteiger partial charge in [-0.15, -0.1) is 0 Å². The summed E-state index contributed by atoms with van der Waals surface area (Å²) in [6, 6.07) is 16.8. The van der Waals surface area contributed by atoms with E-state index in [1.54, 1.807) is 29.0 Å². The SMILES string of the molecule is CN1C(=O)C2=C(c3ccc(Cl)cc3)N(CCCCCCCCCCCOS(=O)(=O)O)C(=O)C2=C1c1ccccc1. The van der Waals surface area contributed by atoms with Crippen molar-refractivity contribution in [3.63, 3.8) is 0 Å². The van der Waals surface area contributed by atoms with Crippen molar-refractivity contribution < 1.29 is 26.7 Å². The highest BCUT2D eigenvalue weighted by atomic mass is 35.5. The van der Waals surface area contributed by atoms with E-state index < -0.39 is 10.4 Å². The molecule has 2 aromatic rings. The van der Waals surface area contributed by atoms with Gasteiger partial charge in [0, 0.05) is 18.6 Å². The fourth-order valence-electron chi connectivity index (χ4n) is 5.29. The number of carbonyl (C=O) groups is 2. The summed E-state index contributed by atoms with van der Waals surface area (Å²) < 4.78 is 33.9. The Hall–Kier alpha value is -2.98. The minimum Gasteiger partial charge on any atom is -0.310 e. The van der Waals surface area contributed by atoms with Crippen LogP contribution < -0.4 is 0 Å². The molecule has 0 unspecified atom stereocenters. The van der Waals surface area contributed by atoms with E-state index in [-0.39, 0.29) is 18.4 Å². The summed E-state index contributed by atoms with van der Waals surface area (Å²) in [6.07, 6.45) is 8.46. The number of benzene rings is 2. The number of likely N-dealkylation sites (N-methyl/N-ethyl adjacent to an activating group) is 1. The average Bonchev–Trinajstić information content (AvgIpc) is 3.35. The largest absolute Gasteiger partial charge is 0.397 e. The Kier molecular flexibility index (Phi) is 10.2. The van der Waals surface area contributed by atoms with E-state index in [4.69, 9.17) is 16.2 Å². The van der Waals surface area contributed by atoms with Gasteiger partial charge in [-0.1, -0.05) is 99.0 Å². The summed E-state index contributed by atoms with van der Waals surface area (Å²) in [5, 5.41) is 0.590. The van der Waals surface area contributed by atoms with E-state index in [1.165, 1.54) is 0 Å². The maximum atomic E-state index is 13.8. The number of fused-ring (bicyclic) bond motifs is 1. The molecule has 40 heavy (non-hydrogen) atoms. The first kappa shape index (κ1) is 30.0.